The van der Waals surface area contributed by atoms with Gasteiger partial charge in [-0.05, 0) is 12.8 Å². The van der Waals surface area contributed by atoms with Gasteiger partial charge in [-0.2, -0.15) is 0 Å². The van der Waals surface area contributed by atoms with Crippen LogP contribution in [0.1, 0.15) is 219 Å². The smallest absolute Gasteiger partial charge is 0.220 e. The summed E-state index contributed by atoms with van der Waals surface area (Å²) in [6, 6.07) is -0.612. The molecule has 3 N–H and O–H groups in total. The molecular formula is C40H79NO3. The van der Waals surface area contributed by atoms with Crippen LogP contribution in [-0.4, -0.2) is 34.9 Å². The van der Waals surface area contributed by atoms with Crippen molar-refractivity contribution in [3.8, 4) is 0 Å². The molecule has 0 aromatic heterocycles. The Morgan fingerprint density at radius 2 is 0.841 bits per heavy atom. The number of rotatable bonds is 36. The molecule has 0 rings (SSSR count). The van der Waals surface area contributed by atoms with E-state index < -0.39 is 12.1 Å². The maximum atomic E-state index is 12.1. The van der Waals surface area contributed by atoms with Crippen molar-refractivity contribution in [2.45, 2.75) is 231 Å². The third kappa shape index (κ3) is 32.5. The number of carbonyl (C=O) groups excluding carboxylic acids is 1. The molecule has 1 amide bonds. The predicted molar refractivity (Wildman–Crippen MR) is 193 cm³/mol. The van der Waals surface area contributed by atoms with E-state index in [9.17, 15) is 15.0 Å². The van der Waals surface area contributed by atoms with Gasteiger partial charge in [0.25, 0.3) is 0 Å². The standard InChI is InChI=1S/C40H79NO3/c1-3-5-7-8-9-10-11-12-13-14-15-16-17-18-19-20-21-22-23-24-25-26-27-28-29-30-31-32-34-36-40(44)41-38(37-42)39(43)35-33-6-4-2/h33,35,38-39,42-43H,3-32,34,36-37H2,1-2H3,(H,41,44)/b35-33+. The molecule has 0 saturated heterocycles. The van der Waals surface area contributed by atoms with Crippen molar-refractivity contribution in [2.75, 3.05) is 6.61 Å². The molecule has 44 heavy (non-hydrogen) atoms. The number of carbonyl (C=O) groups is 1. The highest BCUT2D eigenvalue weighted by Gasteiger charge is 2.17. The molecule has 0 fully saturated rings. The number of hydrogen-bond acceptors (Lipinski definition) is 3. The van der Waals surface area contributed by atoms with Gasteiger partial charge in [-0.15, -0.1) is 0 Å². The Morgan fingerprint density at radius 3 is 1.14 bits per heavy atom. The van der Waals surface area contributed by atoms with E-state index in [2.05, 4.69) is 19.2 Å². The number of aliphatic hydroxyl groups is 2. The van der Waals surface area contributed by atoms with Gasteiger partial charge in [-0.25, -0.2) is 0 Å². The summed E-state index contributed by atoms with van der Waals surface area (Å²) in [6.07, 6.45) is 45.4. The first-order valence-electron chi connectivity index (χ1n) is 19.9. The summed E-state index contributed by atoms with van der Waals surface area (Å²) in [7, 11) is 0. The summed E-state index contributed by atoms with van der Waals surface area (Å²) < 4.78 is 0. The van der Waals surface area contributed by atoms with Gasteiger partial charge in [0, 0.05) is 6.42 Å². The van der Waals surface area contributed by atoms with Crippen LogP contribution < -0.4 is 5.32 Å². The second-order valence-corrected chi connectivity index (χ2v) is 13.7. The van der Waals surface area contributed by atoms with Crippen molar-refractivity contribution in [2.24, 2.45) is 0 Å². The highest BCUT2D eigenvalue weighted by molar-refractivity contribution is 5.76. The molecule has 2 unspecified atom stereocenters. The SMILES string of the molecule is CCC/C=C/C(O)C(CO)NC(=O)CCCCCCCCCCCCCCCCCCCCCCCCCCCCCCC. The average Bonchev–Trinajstić information content (AvgIpc) is 3.02. The Morgan fingerprint density at radius 1 is 0.523 bits per heavy atom. The van der Waals surface area contributed by atoms with E-state index in [1.165, 1.54) is 173 Å². The van der Waals surface area contributed by atoms with Gasteiger partial charge < -0.3 is 15.5 Å². The normalized spacial score (nSPS) is 13.1. The number of hydrogen-bond donors (Lipinski definition) is 3. The summed E-state index contributed by atoms with van der Waals surface area (Å²) in [4.78, 5) is 12.1. The maximum Gasteiger partial charge on any atom is 0.220 e. The number of aliphatic hydroxyl groups excluding tert-OH is 2. The lowest BCUT2D eigenvalue weighted by Crippen LogP contribution is -2.45. The Balaban J connectivity index is 3.27. The summed E-state index contributed by atoms with van der Waals surface area (Å²) in [5.74, 6) is -0.0722. The quantitative estimate of drug-likeness (QED) is 0.0481. The van der Waals surface area contributed by atoms with Crippen LogP contribution >= 0.6 is 0 Å². The van der Waals surface area contributed by atoms with Crippen molar-refractivity contribution in [1.82, 2.24) is 5.32 Å². The highest BCUT2D eigenvalue weighted by atomic mass is 16.3. The van der Waals surface area contributed by atoms with E-state index in [1.54, 1.807) is 6.08 Å². The fourth-order valence-corrected chi connectivity index (χ4v) is 6.19. The van der Waals surface area contributed by atoms with E-state index in [1.807, 2.05) is 6.08 Å². The zero-order chi connectivity index (χ0) is 32.2. The van der Waals surface area contributed by atoms with E-state index in [-0.39, 0.29) is 12.5 Å². The third-order valence-corrected chi connectivity index (χ3v) is 9.25. The molecule has 262 valence electrons. The topological polar surface area (TPSA) is 69.6 Å². The van der Waals surface area contributed by atoms with Crippen molar-refractivity contribution in [3.05, 3.63) is 12.2 Å². The number of nitrogens with one attached hydrogen (secondary N) is 1. The molecule has 0 aromatic rings. The van der Waals surface area contributed by atoms with Crippen molar-refractivity contribution < 1.29 is 15.0 Å². The molecule has 0 heterocycles. The van der Waals surface area contributed by atoms with Crippen LogP contribution in [0.3, 0.4) is 0 Å². The minimum atomic E-state index is -0.830. The van der Waals surface area contributed by atoms with Crippen molar-refractivity contribution >= 4 is 5.91 Å². The molecule has 0 aliphatic rings. The molecule has 0 bridgehead atoms. The monoisotopic (exact) mass is 622 g/mol. The fourth-order valence-electron chi connectivity index (χ4n) is 6.19. The van der Waals surface area contributed by atoms with Crippen LogP contribution in [0.4, 0.5) is 0 Å². The Hall–Kier alpha value is -0.870. The first-order valence-corrected chi connectivity index (χ1v) is 19.9. The van der Waals surface area contributed by atoms with Gasteiger partial charge >= 0.3 is 0 Å². The average molecular weight is 622 g/mol. The van der Waals surface area contributed by atoms with Crippen LogP contribution in [0.5, 0.6) is 0 Å². The van der Waals surface area contributed by atoms with Gasteiger partial charge in [0.2, 0.25) is 5.91 Å². The van der Waals surface area contributed by atoms with Crippen LogP contribution in [0.15, 0.2) is 12.2 Å². The Kier molecular flexibility index (Phi) is 35.9. The van der Waals surface area contributed by atoms with E-state index >= 15 is 0 Å². The molecule has 2 atom stereocenters. The van der Waals surface area contributed by atoms with Gasteiger partial charge in [0.15, 0.2) is 0 Å². The van der Waals surface area contributed by atoms with E-state index in [4.69, 9.17) is 0 Å². The second kappa shape index (κ2) is 36.6. The first kappa shape index (κ1) is 43.1. The second-order valence-electron chi connectivity index (χ2n) is 13.7. The van der Waals surface area contributed by atoms with Crippen LogP contribution in [-0.2, 0) is 4.79 Å². The third-order valence-electron chi connectivity index (χ3n) is 9.25. The minimum Gasteiger partial charge on any atom is -0.394 e. The van der Waals surface area contributed by atoms with E-state index in [0.29, 0.717) is 6.42 Å². The van der Waals surface area contributed by atoms with E-state index in [0.717, 1.165) is 25.7 Å². The van der Waals surface area contributed by atoms with Gasteiger partial charge in [-0.3, -0.25) is 4.79 Å². The highest BCUT2D eigenvalue weighted by Crippen LogP contribution is 2.16. The maximum absolute atomic E-state index is 12.1. The van der Waals surface area contributed by atoms with Gasteiger partial charge in [0.1, 0.15) is 0 Å². The summed E-state index contributed by atoms with van der Waals surface area (Å²) in [5, 5.41) is 22.4. The summed E-state index contributed by atoms with van der Waals surface area (Å²) in [6.45, 7) is 4.13. The Bertz CT molecular complexity index is 593. The zero-order valence-electron chi connectivity index (χ0n) is 29.9. The van der Waals surface area contributed by atoms with Gasteiger partial charge in [0.05, 0.1) is 18.8 Å². The molecule has 0 aromatic carbocycles. The van der Waals surface area contributed by atoms with Crippen LogP contribution in [0.25, 0.3) is 0 Å². The lowest BCUT2D eigenvalue weighted by molar-refractivity contribution is -0.123. The zero-order valence-corrected chi connectivity index (χ0v) is 29.9. The molecule has 0 radical (unpaired) electrons. The molecule has 0 saturated carbocycles. The minimum absolute atomic E-state index is 0.0722. The van der Waals surface area contributed by atoms with Crippen molar-refractivity contribution in [3.63, 3.8) is 0 Å². The molecule has 0 aliphatic carbocycles. The lowest BCUT2D eigenvalue weighted by Gasteiger charge is -2.19. The first-order chi connectivity index (χ1) is 21.7. The van der Waals surface area contributed by atoms with Gasteiger partial charge in [-0.1, -0.05) is 212 Å². The van der Waals surface area contributed by atoms with Crippen LogP contribution in [0.2, 0.25) is 0 Å². The number of amides is 1. The molecule has 0 aliphatic heterocycles. The van der Waals surface area contributed by atoms with Crippen molar-refractivity contribution in [1.29, 1.82) is 0 Å². The largest absolute Gasteiger partial charge is 0.394 e. The summed E-state index contributed by atoms with van der Waals surface area (Å²) in [5.41, 5.74) is 0. The summed E-state index contributed by atoms with van der Waals surface area (Å²) >= 11 is 0. The molecule has 4 nitrogen and oxygen atoms in total. The predicted octanol–water partition coefficient (Wildman–Crippen LogP) is 11.9. The Labute approximate surface area is 276 Å². The number of allylic oxidation sites excluding steroid dienone is 1. The lowest BCUT2D eigenvalue weighted by atomic mass is 10.0. The molecule has 4 heteroatoms. The fraction of sp³-hybridized carbons (Fsp3) is 0.925. The number of unbranched alkanes of at least 4 members (excludes halogenated alkanes) is 29. The molecule has 0 spiro atoms. The van der Waals surface area contributed by atoms with Crippen LogP contribution in [0, 0.1) is 0 Å². The molecular weight excluding hydrogens is 542 g/mol.